The lowest BCUT2D eigenvalue weighted by Crippen LogP contribution is -2.27. The zero-order valence-corrected chi connectivity index (χ0v) is 10.0. The van der Waals surface area contributed by atoms with Crippen LogP contribution in [0.15, 0.2) is 24.4 Å². The lowest BCUT2D eigenvalue weighted by Gasteiger charge is -2.16. The van der Waals surface area contributed by atoms with E-state index in [1.54, 1.807) is 5.06 Å². The fourth-order valence-electron chi connectivity index (χ4n) is 0.708. The molecule has 0 aliphatic carbocycles. The second-order valence-corrected chi connectivity index (χ2v) is 4.03. The van der Waals surface area contributed by atoms with Crippen LogP contribution in [0.3, 0.4) is 0 Å². The molecule has 0 amide bonds. The minimum absolute atomic E-state index is 0.193. The predicted molar refractivity (Wildman–Crippen MR) is 62.1 cm³/mol. The summed E-state index contributed by atoms with van der Waals surface area (Å²) < 4.78 is 0. The minimum Gasteiger partial charge on any atom is -0.373 e. The van der Waals surface area contributed by atoms with Crippen LogP contribution in [-0.4, -0.2) is 24.5 Å². The standard InChI is InChI=1S/C9H19N3OS/c1-6-7-8(2)10-9(3)14-11-13-12(4)5/h6-7,9-11H,2H2,1,3-5H3/b7-6-. The smallest absolute Gasteiger partial charge is 0.0859 e. The Bertz CT molecular complexity index is 194. The maximum absolute atomic E-state index is 5.01. The molecule has 1 unspecified atom stereocenters. The first-order valence-corrected chi connectivity index (χ1v) is 5.27. The van der Waals surface area contributed by atoms with Crippen molar-refractivity contribution in [3.63, 3.8) is 0 Å². The Morgan fingerprint density at radius 2 is 2.21 bits per heavy atom. The molecule has 0 spiro atoms. The highest BCUT2D eigenvalue weighted by molar-refractivity contribution is 7.97. The highest BCUT2D eigenvalue weighted by Gasteiger charge is 2.01. The Balaban J connectivity index is 3.54. The summed E-state index contributed by atoms with van der Waals surface area (Å²) >= 11 is 1.44. The molecular formula is C9H19N3OS. The Labute approximate surface area is 90.4 Å². The predicted octanol–water partition coefficient (Wildman–Crippen LogP) is 1.66. The van der Waals surface area contributed by atoms with E-state index in [0.717, 1.165) is 5.70 Å². The number of hydrogen-bond acceptors (Lipinski definition) is 5. The van der Waals surface area contributed by atoms with Crippen molar-refractivity contribution >= 4 is 11.9 Å². The van der Waals surface area contributed by atoms with Gasteiger partial charge in [-0.25, -0.2) is 4.94 Å². The zero-order valence-electron chi connectivity index (χ0n) is 9.20. The summed E-state index contributed by atoms with van der Waals surface area (Å²) in [6.45, 7) is 7.81. The highest BCUT2D eigenvalue weighted by atomic mass is 32.2. The van der Waals surface area contributed by atoms with Gasteiger partial charge in [0.25, 0.3) is 0 Å². The van der Waals surface area contributed by atoms with E-state index in [1.165, 1.54) is 11.9 Å². The summed E-state index contributed by atoms with van der Waals surface area (Å²) in [7, 11) is 3.62. The van der Waals surface area contributed by atoms with Crippen molar-refractivity contribution < 1.29 is 4.94 Å². The van der Waals surface area contributed by atoms with Gasteiger partial charge in [-0.1, -0.05) is 12.7 Å². The van der Waals surface area contributed by atoms with Gasteiger partial charge < -0.3 is 5.32 Å². The van der Waals surface area contributed by atoms with Gasteiger partial charge in [-0.3, -0.25) is 0 Å². The molecule has 0 radical (unpaired) electrons. The van der Waals surface area contributed by atoms with Crippen LogP contribution in [0, 0.1) is 0 Å². The monoisotopic (exact) mass is 217 g/mol. The first-order valence-electron chi connectivity index (χ1n) is 4.39. The molecule has 5 heteroatoms. The van der Waals surface area contributed by atoms with E-state index >= 15 is 0 Å². The zero-order chi connectivity index (χ0) is 11.0. The Hall–Kier alpha value is -0.490. The maximum Gasteiger partial charge on any atom is 0.0859 e. The van der Waals surface area contributed by atoms with Gasteiger partial charge in [0, 0.05) is 19.8 Å². The molecule has 0 rings (SSSR count). The largest absolute Gasteiger partial charge is 0.373 e. The first kappa shape index (κ1) is 13.5. The molecule has 82 valence electrons. The quantitative estimate of drug-likeness (QED) is 0.293. The van der Waals surface area contributed by atoms with E-state index in [2.05, 4.69) is 16.8 Å². The van der Waals surface area contributed by atoms with Gasteiger partial charge in [-0.05, 0) is 31.9 Å². The Morgan fingerprint density at radius 1 is 1.57 bits per heavy atom. The topological polar surface area (TPSA) is 36.5 Å². The van der Waals surface area contributed by atoms with Crippen molar-refractivity contribution in [2.45, 2.75) is 19.2 Å². The fraction of sp³-hybridized carbons (Fsp3) is 0.556. The molecule has 0 aliphatic rings. The van der Waals surface area contributed by atoms with Crippen molar-refractivity contribution in [3.8, 4) is 0 Å². The van der Waals surface area contributed by atoms with Crippen LogP contribution in [0.4, 0.5) is 0 Å². The van der Waals surface area contributed by atoms with Gasteiger partial charge in [0.15, 0.2) is 0 Å². The van der Waals surface area contributed by atoms with Gasteiger partial charge in [0.1, 0.15) is 0 Å². The molecule has 0 saturated carbocycles. The van der Waals surface area contributed by atoms with E-state index < -0.39 is 0 Å². The summed E-state index contributed by atoms with van der Waals surface area (Å²) in [5.74, 6) is 0. The van der Waals surface area contributed by atoms with Gasteiger partial charge in [0.05, 0.1) is 5.37 Å². The third kappa shape index (κ3) is 8.12. The average molecular weight is 217 g/mol. The van der Waals surface area contributed by atoms with E-state index in [1.807, 2.05) is 40.1 Å². The number of hydrogen-bond donors (Lipinski definition) is 2. The number of rotatable bonds is 7. The third-order valence-electron chi connectivity index (χ3n) is 1.20. The van der Waals surface area contributed by atoms with Crippen LogP contribution in [-0.2, 0) is 4.94 Å². The van der Waals surface area contributed by atoms with Crippen molar-refractivity contribution in [1.82, 2.24) is 15.3 Å². The molecule has 0 aromatic heterocycles. The molecule has 1 atom stereocenters. The van der Waals surface area contributed by atoms with Crippen LogP contribution < -0.4 is 10.2 Å². The van der Waals surface area contributed by atoms with Crippen molar-refractivity contribution in [1.29, 1.82) is 0 Å². The van der Waals surface area contributed by atoms with Crippen LogP contribution in [0.5, 0.6) is 0 Å². The number of hydroxylamine groups is 2. The SMILES string of the molecule is C=C(/C=C\C)NC(C)SNON(C)C. The van der Waals surface area contributed by atoms with Gasteiger partial charge >= 0.3 is 0 Å². The van der Waals surface area contributed by atoms with Gasteiger partial charge in [-0.15, -0.1) is 4.89 Å². The summed E-state index contributed by atoms with van der Waals surface area (Å²) in [6, 6.07) is 0. The lowest BCUT2D eigenvalue weighted by molar-refractivity contribution is -0.145. The van der Waals surface area contributed by atoms with Crippen LogP contribution in [0.1, 0.15) is 13.8 Å². The summed E-state index contributed by atoms with van der Waals surface area (Å²) in [5, 5.41) is 4.95. The average Bonchev–Trinajstić information content (AvgIpc) is 2.03. The molecule has 0 aromatic carbocycles. The van der Waals surface area contributed by atoms with Gasteiger partial charge in [-0.2, -0.15) is 5.06 Å². The molecule has 0 saturated heterocycles. The molecule has 0 bridgehead atoms. The molecule has 0 aromatic rings. The van der Waals surface area contributed by atoms with Crippen LogP contribution >= 0.6 is 11.9 Å². The molecule has 0 fully saturated rings. The molecule has 0 heterocycles. The normalized spacial score (nSPS) is 13.5. The molecule has 2 N–H and O–H groups in total. The molecule has 0 aliphatic heterocycles. The third-order valence-corrected chi connectivity index (χ3v) is 1.84. The van der Waals surface area contributed by atoms with E-state index in [-0.39, 0.29) is 5.37 Å². The first-order chi connectivity index (χ1) is 6.56. The maximum atomic E-state index is 5.01. The van der Waals surface area contributed by atoms with Gasteiger partial charge in [0.2, 0.25) is 0 Å². The lowest BCUT2D eigenvalue weighted by atomic mass is 10.4. The number of nitrogens with zero attached hydrogens (tertiary/aromatic N) is 1. The van der Waals surface area contributed by atoms with Crippen molar-refractivity contribution in [2.24, 2.45) is 0 Å². The van der Waals surface area contributed by atoms with E-state index in [0.29, 0.717) is 0 Å². The Morgan fingerprint density at radius 3 is 2.71 bits per heavy atom. The summed E-state index contributed by atoms with van der Waals surface area (Å²) in [4.78, 5) is 7.76. The summed E-state index contributed by atoms with van der Waals surface area (Å²) in [5.41, 5.74) is 0.888. The minimum atomic E-state index is 0.193. The fourth-order valence-corrected chi connectivity index (χ4v) is 1.25. The van der Waals surface area contributed by atoms with Crippen LogP contribution in [0.2, 0.25) is 0 Å². The van der Waals surface area contributed by atoms with E-state index in [9.17, 15) is 0 Å². The van der Waals surface area contributed by atoms with Crippen molar-refractivity contribution in [3.05, 3.63) is 24.4 Å². The number of allylic oxidation sites excluding steroid dienone is 2. The summed E-state index contributed by atoms with van der Waals surface area (Å²) in [6.07, 6.45) is 3.86. The van der Waals surface area contributed by atoms with Crippen molar-refractivity contribution in [2.75, 3.05) is 14.1 Å². The second-order valence-electron chi connectivity index (χ2n) is 2.92. The number of nitrogens with one attached hydrogen (secondary N) is 2. The molecular weight excluding hydrogens is 198 g/mol. The molecule has 14 heavy (non-hydrogen) atoms. The second kappa shape index (κ2) is 7.87. The molecule has 4 nitrogen and oxygen atoms in total. The van der Waals surface area contributed by atoms with E-state index in [4.69, 9.17) is 4.94 Å². The Kier molecular flexibility index (Phi) is 7.60. The van der Waals surface area contributed by atoms with Crippen LogP contribution in [0.25, 0.3) is 0 Å². The highest BCUT2D eigenvalue weighted by Crippen LogP contribution is 2.04.